The van der Waals surface area contributed by atoms with Gasteiger partial charge < -0.3 is 19.7 Å². The normalized spacial score (nSPS) is 18.9. The number of nitrogens with one attached hydrogen (secondary N) is 1. The van der Waals surface area contributed by atoms with Gasteiger partial charge in [-0.15, -0.1) is 0 Å². The van der Waals surface area contributed by atoms with Crippen LogP contribution in [0.5, 0.6) is 0 Å². The van der Waals surface area contributed by atoms with Crippen LogP contribution in [0.3, 0.4) is 0 Å². The van der Waals surface area contributed by atoms with Gasteiger partial charge in [0.25, 0.3) is 0 Å². The van der Waals surface area contributed by atoms with Gasteiger partial charge in [0.1, 0.15) is 10.8 Å². The summed E-state index contributed by atoms with van der Waals surface area (Å²) in [6, 6.07) is 0.135. The number of halogens is 1. The highest BCUT2D eigenvalue weighted by Gasteiger charge is 2.54. The molecule has 0 radical (unpaired) electrons. The van der Waals surface area contributed by atoms with Crippen LogP contribution in [-0.4, -0.2) is 58.3 Å². The average Bonchev–Trinajstić information content (AvgIpc) is 3.43. The summed E-state index contributed by atoms with van der Waals surface area (Å²) in [6.07, 6.45) is 4.25. The molecule has 1 saturated heterocycles. The Kier molecular flexibility index (Phi) is 6.22. The highest BCUT2D eigenvalue weighted by Crippen LogP contribution is 2.51. The highest BCUT2D eigenvalue weighted by molar-refractivity contribution is 6.30. The lowest BCUT2D eigenvalue weighted by molar-refractivity contribution is -0.146. The van der Waals surface area contributed by atoms with Crippen LogP contribution >= 0.6 is 11.6 Å². The molecular formula is C20H29ClN4O4. The first-order valence-corrected chi connectivity index (χ1v) is 10.5. The maximum absolute atomic E-state index is 12.3. The average molecular weight is 425 g/mol. The smallest absolute Gasteiger partial charge is 0.410 e. The Bertz CT molecular complexity index is 768. The van der Waals surface area contributed by atoms with Gasteiger partial charge in [0.2, 0.25) is 5.95 Å². The molecule has 1 aliphatic heterocycles. The quantitative estimate of drug-likeness (QED) is 0.570. The zero-order valence-electron chi connectivity index (χ0n) is 17.5. The molecule has 0 unspecified atom stereocenters. The summed E-state index contributed by atoms with van der Waals surface area (Å²) >= 11 is 6.37. The van der Waals surface area contributed by atoms with Crippen LogP contribution in [0, 0.1) is 0 Å². The van der Waals surface area contributed by atoms with Crippen molar-refractivity contribution < 1.29 is 19.1 Å². The van der Waals surface area contributed by atoms with E-state index in [4.69, 9.17) is 21.1 Å². The fourth-order valence-electron chi connectivity index (χ4n) is 3.44. The molecule has 2 fully saturated rings. The van der Waals surface area contributed by atoms with Crippen LogP contribution in [0.25, 0.3) is 0 Å². The Morgan fingerprint density at radius 2 is 1.97 bits per heavy atom. The standard InChI is InChI=1S/C20H29ClN4O4/c1-5-28-16(26)20(8-9-20)14-12-22-17(24-15(14)21)23-13-6-10-25(11-7-13)18(27)29-19(2,3)4/h12-13H,5-11H2,1-4H3,(H,22,23,24). The first-order valence-electron chi connectivity index (χ1n) is 10.1. The van der Waals surface area contributed by atoms with E-state index in [1.807, 2.05) is 20.8 Å². The molecule has 160 valence electrons. The van der Waals surface area contributed by atoms with Crippen LogP contribution in [0.15, 0.2) is 6.20 Å². The van der Waals surface area contributed by atoms with E-state index in [2.05, 4.69) is 15.3 Å². The number of rotatable bonds is 5. The van der Waals surface area contributed by atoms with Gasteiger partial charge >= 0.3 is 12.1 Å². The van der Waals surface area contributed by atoms with Crippen molar-refractivity contribution in [2.75, 3.05) is 25.0 Å². The number of esters is 1. The van der Waals surface area contributed by atoms with Crippen molar-refractivity contribution in [3.63, 3.8) is 0 Å². The SMILES string of the molecule is CCOC(=O)C1(c2cnc(NC3CCN(C(=O)OC(C)(C)C)CC3)nc2Cl)CC1. The number of carbonyl (C=O) groups is 2. The second-order valence-corrected chi connectivity index (χ2v) is 8.94. The van der Waals surface area contributed by atoms with Gasteiger partial charge in [-0.2, -0.15) is 0 Å². The molecule has 0 bridgehead atoms. The summed E-state index contributed by atoms with van der Waals surface area (Å²) in [5.74, 6) is 0.162. The fraction of sp³-hybridized carbons (Fsp3) is 0.700. The van der Waals surface area contributed by atoms with Gasteiger partial charge in [-0.3, -0.25) is 4.79 Å². The van der Waals surface area contributed by atoms with E-state index < -0.39 is 11.0 Å². The number of likely N-dealkylation sites (tertiary alicyclic amines) is 1. The minimum atomic E-state index is -0.690. The van der Waals surface area contributed by atoms with Crippen molar-refractivity contribution in [3.8, 4) is 0 Å². The molecule has 9 heteroatoms. The second kappa shape index (κ2) is 8.34. The lowest BCUT2D eigenvalue weighted by atomic mass is 9.99. The monoisotopic (exact) mass is 424 g/mol. The highest BCUT2D eigenvalue weighted by atomic mass is 35.5. The summed E-state index contributed by atoms with van der Waals surface area (Å²) in [7, 11) is 0. The molecule has 1 N–H and O–H groups in total. The van der Waals surface area contributed by atoms with Gasteiger partial charge in [0, 0.05) is 30.9 Å². The molecule has 1 aromatic heterocycles. The number of hydrogen-bond donors (Lipinski definition) is 1. The molecule has 1 aliphatic carbocycles. The molecule has 1 aromatic rings. The Hall–Kier alpha value is -2.09. The second-order valence-electron chi connectivity index (χ2n) is 8.59. The molecule has 0 atom stereocenters. The largest absolute Gasteiger partial charge is 0.465 e. The Morgan fingerprint density at radius 1 is 1.31 bits per heavy atom. The van der Waals surface area contributed by atoms with Gasteiger partial charge in [0.05, 0.1) is 12.0 Å². The van der Waals surface area contributed by atoms with E-state index in [0.29, 0.717) is 44.0 Å². The number of anilines is 1. The number of hydrogen-bond acceptors (Lipinski definition) is 7. The van der Waals surface area contributed by atoms with Crippen LogP contribution < -0.4 is 5.32 Å². The summed E-state index contributed by atoms with van der Waals surface area (Å²) in [5.41, 5.74) is -0.561. The number of carbonyl (C=O) groups excluding carboxylic acids is 2. The van der Waals surface area contributed by atoms with Crippen molar-refractivity contribution in [1.82, 2.24) is 14.9 Å². The molecule has 0 aromatic carbocycles. The third-order valence-electron chi connectivity index (χ3n) is 5.15. The van der Waals surface area contributed by atoms with Gasteiger partial charge in [-0.1, -0.05) is 11.6 Å². The zero-order valence-corrected chi connectivity index (χ0v) is 18.2. The minimum absolute atomic E-state index is 0.135. The minimum Gasteiger partial charge on any atom is -0.465 e. The first kappa shape index (κ1) is 21.6. The summed E-state index contributed by atoms with van der Waals surface area (Å²) in [5, 5.41) is 3.56. The van der Waals surface area contributed by atoms with Crippen molar-refractivity contribution in [2.24, 2.45) is 0 Å². The third kappa shape index (κ3) is 5.10. The van der Waals surface area contributed by atoms with Crippen molar-refractivity contribution in [3.05, 3.63) is 16.9 Å². The van der Waals surface area contributed by atoms with Crippen LogP contribution in [-0.2, 0) is 19.7 Å². The predicted octanol–water partition coefficient (Wildman–Crippen LogP) is 3.54. The van der Waals surface area contributed by atoms with Crippen LogP contribution in [0.4, 0.5) is 10.7 Å². The van der Waals surface area contributed by atoms with Crippen molar-refractivity contribution >= 4 is 29.6 Å². The molecule has 1 amide bonds. The van der Waals surface area contributed by atoms with E-state index in [-0.39, 0.29) is 23.3 Å². The van der Waals surface area contributed by atoms with Gasteiger partial charge in [-0.05, 0) is 53.4 Å². The first-order chi connectivity index (χ1) is 13.6. The van der Waals surface area contributed by atoms with Crippen LogP contribution in [0.2, 0.25) is 5.15 Å². The molecule has 2 aliphatic rings. The number of aromatic nitrogens is 2. The Labute approximate surface area is 176 Å². The van der Waals surface area contributed by atoms with Gasteiger partial charge in [0.15, 0.2) is 0 Å². The molecular weight excluding hydrogens is 396 g/mol. The maximum Gasteiger partial charge on any atom is 0.410 e. The lowest BCUT2D eigenvalue weighted by Crippen LogP contribution is -2.44. The van der Waals surface area contributed by atoms with E-state index in [1.54, 1.807) is 18.0 Å². The molecule has 0 spiro atoms. The maximum atomic E-state index is 12.3. The van der Waals surface area contributed by atoms with E-state index in [1.165, 1.54) is 0 Å². The van der Waals surface area contributed by atoms with E-state index >= 15 is 0 Å². The van der Waals surface area contributed by atoms with Crippen molar-refractivity contribution in [2.45, 2.75) is 70.4 Å². The number of amides is 1. The molecule has 29 heavy (non-hydrogen) atoms. The topological polar surface area (TPSA) is 93.7 Å². The fourth-order valence-corrected chi connectivity index (χ4v) is 3.75. The number of piperidine rings is 1. The molecule has 3 rings (SSSR count). The molecule has 8 nitrogen and oxygen atoms in total. The number of nitrogens with zero attached hydrogens (tertiary/aromatic N) is 3. The summed E-state index contributed by atoms with van der Waals surface area (Å²) in [4.78, 5) is 34.9. The summed E-state index contributed by atoms with van der Waals surface area (Å²) in [6.45, 7) is 8.90. The van der Waals surface area contributed by atoms with E-state index in [0.717, 1.165) is 12.8 Å². The Morgan fingerprint density at radius 3 is 2.48 bits per heavy atom. The van der Waals surface area contributed by atoms with Crippen LogP contribution in [0.1, 0.15) is 58.9 Å². The predicted molar refractivity (Wildman–Crippen MR) is 109 cm³/mol. The van der Waals surface area contributed by atoms with E-state index in [9.17, 15) is 9.59 Å². The molecule has 1 saturated carbocycles. The third-order valence-corrected chi connectivity index (χ3v) is 5.44. The summed E-state index contributed by atoms with van der Waals surface area (Å²) < 4.78 is 10.6. The zero-order chi connectivity index (χ0) is 21.2. The molecule has 2 heterocycles. The lowest BCUT2D eigenvalue weighted by Gasteiger charge is -2.33. The Balaban J connectivity index is 1.57. The number of ether oxygens (including phenoxy) is 2. The van der Waals surface area contributed by atoms with Crippen molar-refractivity contribution in [1.29, 1.82) is 0 Å². The van der Waals surface area contributed by atoms with Gasteiger partial charge in [-0.25, -0.2) is 14.8 Å².